The molecule has 1 aliphatic rings. The van der Waals surface area contributed by atoms with E-state index in [9.17, 15) is 8.78 Å². The molecule has 4 N–H and O–H groups in total. The third-order valence-corrected chi connectivity index (χ3v) is 3.29. The average molecular weight is 319 g/mol. The minimum atomic E-state index is -1.28. The molecule has 2 aromatic heterocycles. The number of aromatic nitrogens is 3. The van der Waals surface area contributed by atoms with Crippen molar-refractivity contribution in [2.45, 2.75) is 12.1 Å². The molecule has 1 aliphatic heterocycles. The highest BCUT2D eigenvalue weighted by Crippen LogP contribution is 2.21. The summed E-state index contributed by atoms with van der Waals surface area (Å²) >= 11 is 0. The average Bonchev–Trinajstić information content (AvgIpc) is 2.88. The van der Waals surface area contributed by atoms with Crippen molar-refractivity contribution in [1.29, 1.82) is 0 Å². The molecule has 0 aliphatic carbocycles. The van der Waals surface area contributed by atoms with Crippen LogP contribution in [0.15, 0.2) is 42.1 Å². The van der Waals surface area contributed by atoms with Crippen LogP contribution in [0, 0.1) is 11.6 Å². The Morgan fingerprint density at radius 2 is 2.04 bits per heavy atom. The van der Waals surface area contributed by atoms with E-state index >= 15 is 0 Å². The summed E-state index contributed by atoms with van der Waals surface area (Å²) in [6.45, 7) is 0. The number of aryl methyl sites for hydroxylation is 1. The standard InChI is InChI=1S/C14H15F2N7/c1-23-8-9(5-20-23)21-13-19-3-2-14(17,22-13)4-10-11(15)6-18-7-12(10)16/h2-3,5-8H,4,17H2,1H3,(H2,19,21,22). The lowest BCUT2D eigenvalue weighted by molar-refractivity contribution is 0.485. The fourth-order valence-corrected chi connectivity index (χ4v) is 2.22. The van der Waals surface area contributed by atoms with E-state index in [2.05, 4.69) is 25.7 Å². The van der Waals surface area contributed by atoms with Crippen LogP contribution in [0.3, 0.4) is 0 Å². The molecular weight excluding hydrogens is 304 g/mol. The molecule has 23 heavy (non-hydrogen) atoms. The van der Waals surface area contributed by atoms with E-state index in [1.807, 2.05) is 0 Å². The van der Waals surface area contributed by atoms with Gasteiger partial charge in [-0.25, -0.2) is 13.8 Å². The van der Waals surface area contributed by atoms with E-state index in [0.717, 1.165) is 12.4 Å². The summed E-state index contributed by atoms with van der Waals surface area (Å²) in [4.78, 5) is 7.75. The van der Waals surface area contributed by atoms with Gasteiger partial charge in [-0.3, -0.25) is 9.67 Å². The first kappa shape index (κ1) is 15.1. The Morgan fingerprint density at radius 1 is 1.30 bits per heavy atom. The third kappa shape index (κ3) is 3.34. The van der Waals surface area contributed by atoms with Gasteiger partial charge in [0, 0.05) is 31.4 Å². The van der Waals surface area contributed by atoms with Gasteiger partial charge in [0.25, 0.3) is 0 Å². The molecule has 0 aromatic carbocycles. The Hall–Kier alpha value is -2.81. The second-order valence-electron chi connectivity index (χ2n) is 5.22. The smallest absolute Gasteiger partial charge is 0.202 e. The van der Waals surface area contributed by atoms with Gasteiger partial charge in [0.05, 0.1) is 24.3 Å². The Balaban J connectivity index is 1.82. The molecule has 2 aromatic rings. The highest BCUT2D eigenvalue weighted by atomic mass is 19.1. The Kier molecular flexibility index (Phi) is 3.78. The third-order valence-electron chi connectivity index (χ3n) is 3.29. The topological polar surface area (TPSA) is 93.2 Å². The van der Waals surface area contributed by atoms with Crippen LogP contribution in [0.1, 0.15) is 5.56 Å². The summed E-state index contributed by atoms with van der Waals surface area (Å²) < 4.78 is 29.1. The monoisotopic (exact) mass is 319 g/mol. The molecule has 1 atom stereocenters. The number of halogens is 2. The zero-order valence-electron chi connectivity index (χ0n) is 12.3. The summed E-state index contributed by atoms with van der Waals surface area (Å²) in [6, 6.07) is 0. The highest BCUT2D eigenvalue weighted by Gasteiger charge is 2.28. The van der Waals surface area contributed by atoms with E-state index in [4.69, 9.17) is 5.73 Å². The zero-order chi connectivity index (χ0) is 16.4. The fourth-order valence-electron chi connectivity index (χ4n) is 2.22. The van der Waals surface area contributed by atoms with Gasteiger partial charge in [0.2, 0.25) is 5.96 Å². The van der Waals surface area contributed by atoms with Crippen LogP contribution >= 0.6 is 0 Å². The molecule has 9 heteroatoms. The summed E-state index contributed by atoms with van der Waals surface area (Å²) in [5, 5.41) is 9.91. The molecule has 120 valence electrons. The molecule has 0 amide bonds. The van der Waals surface area contributed by atoms with Gasteiger partial charge in [-0.05, 0) is 6.08 Å². The fraction of sp³-hybridized carbons (Fsp3) is 0.214. The number of nitrogens with zero attached hydrogens (tertiary/aromatic N) is 4. The number of aliphatic imine (C=N–C) groups is 1. The maximum absolute atomic E-state index is 13.7. The van der Waals surface area contributed by atoms with Crippen molar-refractivity contribution in [1.82, 2.24) is 20.1 Å². The van der Waals surface area contributed by atoms with Crippen molar-refractivity contribution >= 4 is 11.6 Å². The van der Waals surface area contributed by atoms with Crippen molar-refractivity contribution < 1.29 is 8.78 Å². The molecule has 0 saturated carbocycles. The van der Waals surface area contributed by atoms with Crippen LogP contribution < -0.4 is 16.4 Å². The van der Waals surface area contributed by atoms with Gasteiger partial charge in [-0.1, -0.05) is 0 Å². The van der Waals surface area contributed by atoms with Crippen LogP contribution in [0.25, 0.3) is 0 Å². The SMILES string of the molecule is Cn1cc(NC2=NC(N)(Cc3c(F)cncc3F)C=CN2)cn1. The summed E-state index contributed by atoms with van der Waals surface area (Å²) in [5.74, 6) is -1.14. The maximum atomic E-state index is 13.7. The van der Waals surface area contributed by atoms with E-state index < -0.39 is 17.3 Å². The van der Waals surface area contributed by atoms with Crippen LogP contribution in [0.2, 0.25) is 0 Å². The molecule has 0 spiro atoms. The minimum Gasteiger partial charge on any atom is -0.333 e. The normalized spacial score (nSPS) is 20.1. The second kappa shape index (κ2) is 5.76. The van der Waals surface area contributed by atoms with Crippen molar-refractivity contribution in [2.24, 2.45) is 17.8 Å². The largest absolute Gasteiger partial charge is 0.333 e. The number of guanidine groups is 1. The second-order valence-corrected chi connectivity index (χ2v) is 5.22. The van der Waals surface area contributed by atoms with Crippen LogP contribution in [-0.4, -0.2) is 26.4 Å². The number of hydrogen-bond acceptors (Lipinski definition) is 6. The van der Waals surface area contributed by atoms with E-state index in [-0.39, 0.29) is 12.0 Å². The summed E-state index contributed by atoms with van der Waals surface area (Å²) in [6.07, 6.45) is 8.25. The number of nitrogens with one attached hydrogen (secondary N) is 2. The van der Waals surface area contributed by atoms with Crippen LogP contribution in [0.5, 0.6) is 0 Å². The molecular formula is C14H15F2N7. The van der Waals surface area contributed by atoms with Crippen LogP contribution in [0.4, 0.5) is 14.5 Å². The summed E-state index contributed by atoms with van der Waals surface area (Å²) in [7, 11) is 1.78. The molecule has 0 fully saturated rings. The zero-order valence-corrected chi connectivity index (χ0v) is 12.3. The molecule has 3 rings (SSSR count). The molecule has 0 bridgehead atoms. The van der Waals surface area contributed by atoms with Crippen molar-refractivity contribution in [3.8, 4) is 0 Å². The number of anilines is 1. The molecule has 1 unspecified atom stereocenters. The quantitative estimate of drug-likeness (QED) is 0.781. The van der Waals surface area contributed by atoms with Gasteiger partial charge in [-0.15, -0.1) is 0 Å². The van der Waals surface area contributed by atoms with E-state index in [1.54, 1.807) is 36.4 Å². The Morgan fingerprint density at radius 3 is 2.70 bits per heavy atom. The molecule has 0 saturated heterocycles. The summed E-state index contributed by atoms with van der Waals surface area (Å²) in [5.41, 5.74) is 5.42. The van der Waals surface area contributed by atoms with Gasteiger partial charge in [-0.2, -0.15) is 5.10 Å². The number of nitrogens with two attached hydrogens (primary N) is 1. The number of pyridine rings is 1. The minimum absolute atomic E-state index is 0.135. The maximum Gasteiger partial charge on any atom is 0.202 e. The predicted molar refractivity (Wildman–Crippen MR) is 81.3 cm³/mol. The first-order valence-electron chi connectivity index (χ1n) is 6.82. The number of rotatable bonds is 3. The van der Waals surface area contributed by atoms with Crippen molar-refractivity contribution in [3.05, 3.63) is 54.3 Å². The Bertz CT molecular complexity index is 763. The lowest BCUT2D eigenvalue weighted by Gasteiger charge is -2.26. The molecule has 7 nitrogen and oxygen atoms in total. The number of hydrogen-bond donors (Lipinski definition) is 3. The van der Waals surface area contributed by atoms with Crippen molar-refractivity contribution in [2.75, 3.05) is 5.32 Å². The van der Waals surface area contributed by atoms with Gasteiger partial charge >= 0.3 is 0 Å². The lowest BCUT2D eigenvalue weighted by Crippen LogP contribution is -2.45. The van der Waals surface area contributed by atoms with Gasteiger partial charge < -0.3 is 16.4 Å². The van der Waals surface area contributed by atoms with E-state index in [0.29, 0.717) is 11.6 Å². The molecule has 0 radical (unpaired) electrons. The van der Waals surface area contributed by atoms with Crippen molar-refractivity contribution in [3.63, 3.8) is 0 Å². The van der Waals surface area contributed by atoms with Gasteiger partial charge in [0.1, 0.15) is 17.3 Å². The first-order valence-corrected chi connectivity index (χ1v) is 6.82. The highest BCUT2D eigenvalue weighted by molar-refractivity contribution is 5.95. The van der Waals surface area contributed by atoms with Gasteiger partial charge in [0.15, 0.2) is 0 Å². The Labute approximate surface area is 130 Å². The first-order chi connectivity index (χ1) is 11.0. The lowest BCUT2D eigenvalue weighted by atomic mass is 10.0. The van der Waals surface area contributed by atoms with Crippen LogP contribution in [-0.2, 0) is 13.5 Å². The molecule has 3 heterocycles. The predicted octanol–water partition coefficient (Wildman–Crippen LogP) is 0.876. The van der Waals surface area contributed by atoms with E-state index in [1.165, 1.54) is 0 Å².